The molecule has 20 heavy (non-hydrogen) atoms. The molecule has 6 heteroatoms. The highest BCUT2D eigenvalue weighted by Crippen LogP contribution is 2.30. The molecular formula is C14H11ClN4O. The molecule has 0 atom stereocenters. The van der Waals surface area contributed by atoms with Crippen molar-refractivity contribution in [2.24, 2.45) is 0 Å². The molecule has 0 unspecified atom stereocenters. The molecule has 0 fully saturated rings. The van der Waals surface area contributed by atoms with Crippen LogP contribution in [0.1, 0.15) is 11.4 Å². The molecule has 0 bridgehead atoms. The summed E-state index contributed by atoms with van der Waals surface area (Å²) in [6.45, 7) is 0. The molecule has 5 nitrogen and oxygen atoms in total. The van der Waals surface area contributed by atoms with Gasteiger partial charge in [0.1, 0.15) is 0 Å². The molecule has 3 aromatic rings. The first-order valence-corrected chi connectivity index (χ1v) is 6.37. The summed E-state index contributed by atoms with van der Waals surface area (Å²) in [5.74, 6) is 0.958. The average Bonchev–Trinajstić information content (AvgIpc) is 2.91. The molecule has 0 aliphatic carbocycles. The standard InChI is InChI=1S/C14H11ClN4O/c15-11-3-1-2-10(13(11)16)14-18-12(19-20-14)8-9-4-6-17-7-5-9/h1-7H,8,16H2. The molecule has 1 aromatic carbocycles. The highest BCUT2D eigenvalue weighted by Gasteiger charge is 2.13. The number of anilines is 1. The Balaban J connectivity index is 1.89. The zero-order valence-electron chi connectivity index (χ0n) is 10.5. The van der Waals surface area contributed by atoms with E-state index >= 15 is 0 Å². The van der Waals surface area contributed by atoms with Gasteiger partial charge in [0.2, 0.25) is 0 Å². The van der Waals surface area contributed by atoms with Crippen molar-refractivity contribution < 1.29 is 4.52 Å². The lowest BCUT2D eigenvalue weighted by molar-refractivity contribution is 0.424. The van der Waals surface area contributed by atoms with Crippen molar-refractivity contribution >= 4 is 17.3 Å². The number of nitrogens with two attached hydrogens (primary N) is 1. The van der Waals surface area contributed by atoms with E-state index in [1.54, 1.807) is 30.6 Å². The Hall–Kier alpha value is -2.40. The summed E-state index contributed by atoms with van der Waals surface area (Å²) >= 11 is 5.98. The number of aromatic nitrogens is 3. The molecular weight excluding hydrogens is 276 g/mol. The fourth-order valence-corrected chi connectivity index (χ4v) is 2.02. The maximum Gasteiger partial charge on any atom is 0.260 e. The predicted octanol–water partition coefficient (Wildman–Crippen LogP) is 2.96. The minimum Gasteiger partial charge on any atom is -0.397 e. The SMILES string of the molecule is Nc1c(Cl)cccc1-c1nc(Cc2ccncc2)no1. The Morgan fingerprint density at radius 3 is 2.75 bits per heavy atom. The minimum atomic E-state index is 0.369. The molecule has 0 saturated carbocycles. The minimum absolute atomic E-state index is 0.369. The van der Waals surface area contributed by atoms with Gasteiger partial charge < -0.3 is 10.3 Å². The number of nitrogen functional groups attached to an aromatic ring is 1. The van der Waals surface area contributed by atoms with E-state index in [0.29, 0.717) is 34.4 Å². The lowest BCUT2D eigenvalue weighted by atomic mass is 10.2. The van der Waals surface area contributed by atoms with Crippen molar-refractivity contribution in [1.82, 2.24) is 15.1 Å². The van der Waals surface area contributed by atoms with Gasteiger partial charge in [-0.25, -0.2) is 0 Å². The van der Waals surface area contributed by atoms with E-state index in [1.165, 1.54) is 0 Å². The van der Waals surface area contributed by atoms with Crippen LogP contribution in [0.2, 0.25) is 5.02 Å². The molecule has 0 saturated heterocycles. The van der Waals surface area contributed by atoms with Gasteiger partial charge in [-0.15, -0.1) is 0 Å². The van der Waals surface area contributed by atoms with Crippen LogP contribution in [0.15, 0.2) is 47.2 Å². The van der Waals surface area contributed by atoms with Crippen LogP contribution in [-0.2, 0) is 6.42 Å². The maximum absolute atomic E-state index is 5.98. The van der Waals surface area contributed by atoms with Crippen LogP contribution in [-0.4, -0.2) is 15.1 Å². The summed E-state index contributed by atoms with van der Waals surface area (Å²) in [5, 5.41) is 4.42. The molecule has 0 spiro atoms. The van der Waals surface area contributed by atoms with Gasteiger partial charge in [0, 0.05) is 18.8 Å². The maximum atomic E-state index is 5.98. The van der Waals surface area contributed by atoms with Crippen LogP contribution >= 0.6 is 11.6 Å². The third-order valence-corrected chi connectivity index (χ3v) is 3.19. The van der Waals surface area contributed by atoms with E-state index in [1.807, 2.05) is 12.1 Å². The number of rotatable bonds is 3. The molecule has 3 rings (SSSR count). The Morgan fingerprint density at radius 1 is 1.15 bits per heavy atom. The van der Waals surface area contributed by atoms with Gasteiger partial charge in [0.25, 0.3) is 5.89 Å². The van der Waals surface area contributed by atoms with Crippen molar-refractivity contribution in [2.45, 2.75) is 6.42 Å². The zero-order valence-corrected chi connectivity index (χ0v) is 11.2. The van der Waals surface area contributed by atoms with E-state index in [-0.39, 0.29) is 0 Å². The van der Waals surface area contributed by atoms with Crippen LogP contribution in [0.3, 0.4) is 0 Å². The second-order valence-electron chi connectivity index (χ2n) is 4.25. The van der Waals surface area contributed by atoms with Crippen molar-refractivity contribution in [3.8, 4) is 11.5 Å². The highest BCUT2D eigenvalue weighted by molar-refractivity contribution is 6.33. The first-order chi connectivity index (χ1) is 9.74. The van der Waals surface area contributed by atoms with Gasteiger partial charge in [-0.2, -0.15) is 4.98 Å². The number of nitrogens with zero attached hydrogens (tertiary/aromatic N) is 3. The molecule has 0 amide bonds. The fourth-order valence-electron chi connectivity index (χ4n) is 1.84. The first-order valence-electron chi connectivity index (χ1n) is 6.00. The highest BCUT2D eigenvalue weighted by atomic mass is 35.5. The van der Waals surface area contributed by atoms with E-state index in [9.17, 15) is 0 Å². The van der Waals surface area contributed by atoms with Gasteiger partial charge in [-0.3, -0.25) is 4.98 Å². The third kappa shape index (κ3) is 2.48. The van der Waals surface area contributed by atoms with Crippen LogP contribution in [0, 0.1) is 0 Å². The van der Waals surface area contributed by atoms with E-state index in [0.717, 1.165) is 5.56 Å². The summed E-state index contributed by atoms with van der Waals surface area (Å²) in [7, 11) is 0. The summed E-state index contributed by atoms with van der Waals surface area (Å²) in [6.07, 6.45) is 4.03. The monoisotopic (exact) mass is 286 g/mol. The quantitative estimate of drug-likeness (QED) is 0.749. The average molecular weight is 287 g/mol. The lowest BCUT2D eigenvalue weighted by Crippen LogP contribution is -1.93. The Morgan fingerprint density at radius 2 is 1.95 bits per heavy atom. The number of halogens is 1. The molecule has 0 aliphatic heterocycles. The largest absolute Gasteiger partial charge is 0.397 e. The number of pyridine rings is 1. The van der Waals surface area contributed by atoms with E-state index in [2.05, 4.69) is 15.1 Å². The normalized spacial score (nSPS) is 10.7. The summed E-state index contributed by atoms with van der Waals surface area (Å²) in [5.41, 5.74) is 8.05. The summed E-state index contributed by atoms with van der Waals surface area (Å²) in [6, 6.07) is 9.12. The first kappa shape index (κ1) is 12.6. The number of hydrogen-bond donors (Lipinski definition) is 1. The van der Waals surface area contributed by atoms with Crippen molar-refractivity contribution in [1.29, 1.82) is 0 Å². The second-order valence-corrected chi connectivity index (χ2v) is 4.66. The molecule has 2 aromatic heterocycles. The molecule has 0 aliphatic rings. The molecule has 0 radical (unpaired) electrons. The third-order valence-electron chi connectivity index (χ3n) is 2.86. The van der Waals surface area contributed by atoms with E-state index < -0.39 is 0 Å². The predicted molar refractivity (Wildman–Crippen MR) is 76.2 cm³/mol. The summed E-state index contributed by atoms with van der Waals surface area (Å²) < 4.78 is 5.24. The molecule has 2 heterocycles. The smallest absolute Gasteiger partial charge is 0.260 e. The van der Waals surface area contributed by atoms with Crippen molar-refractivity contribution in [3.05, 3.63) is 59.1 Å². The van der Waals surface area contributed by atoms with Crippen LogP contribution in [0.5, 0.6) is 0 Å². The van der Waals surface area contributed by atoms with Gasteiger partial charge >= 0.3 is 0 Å². The van der Waals surface area contributed by atoms with Gasteiger partial charge in [0.05, 0.1) is 16.3 Å². The van der Waals surface area contributed by atoms with Crippen LogP contribution < -0.4 is 5.73 Å². The van der Waals surface area contributed by atoms with Crippen molar-refractivity contribution in [2.75, 3.05) is 5.73 Å². The van der Waals surface area contributed by atoms with Gasteiger partial charge in [-0.05, 0) is 29.8 Å². The van der Waals surface area contributed by atoms with Crippen LogP contribution in [0.4, 0.5) is 5.69 Å². The molecule has 2 N–H and O–H groups in total. The van der Waals surface area contributed by atoms with Gasteiger partial charge in [-0.1, -0.05) is 22.8 Å². The Kier molecular flexibility index (Phi) is 3.35. The topological polar surface area (TPSA) is 77.8 Å². The van der Waals surface area contributed by atoms with Crippen molar-refractivity contribution in [3.63, 3.8) is 0 Å². The Bertz CT molecular complexity index is 727. The second kappa shape index (κ2) is 5.30. The fraction of sp³-hybridized carbons (Fsp3) is 0.0714. The zero-order chi connectivity index (χ0) is 13.9. The van der Waals surface area contributed by atoms with Gasteiger partial charge in [0.15, 0.2) is 5.82 Å². The number of hydrogen-bond acceptors (Lipinski definition) is 5. The van der Waals surface area contributed by atoms with Crippen LogP contribution in [0.25, 0.3) is 11.5 Å². The molecule has 100 valence electrons. The number of benzene rings is 1. The summed E-state index contributed by atoms with van der Waals surface area (Å²) in [4.78, 5) is 8.31. The lowest BCUT2D eigenvalue weighted by Gasteiger charge is -2.01. The number of para-hydroxylation sites is 1. The van der Waals surface area contributed by atoms with E-state index in [4.69, 9.17) is 21.9 Å². The Labute approximate surface area is 120 Å².